The van der Waals surface area contributed by atoms with Crippen LogP contribution in [0.2, 0.25) is 0 Å². The maximum Gasteiger partial charge on any atom is 0.270 e. The van der Waals surface area contributed by atoms with E-state index in [0.717, 1.165) is 31.7 Å². The van der Waals surface area contributed by atoms with Gasteiger partial charge in [0.1, 0.15) is 0 Å². The van der Waals surface area contributed by atoms with Crippen molar-refractivity contribution in [3.05, 3.63) is 70.3 Å². The highest BCUT2D eigenvalue weighted by Crippen LogP contribution is 2.16. The van der Waals surface area contributed by atoms with Crippen LogP contribution >= 0.6 is 0 Å². The van der Waals surface area contributed by atoms with Gasteiger partial charge in [0.05, 0.1) is 24.2 Å². The first-order valence-corrected chi connectivity index (χ1v) is 7.56. The van der Waals surface area contributed by atoms with Gasteiger partial charge in [-0.3, -0.25) is 15.1 Å². The summed E-state index contributed by atoms with van der Waals surface area (Å²) in [6.45, 7) is 3.49. The zero-order valence-electron chi connectivity index (χ0n) is 12.7. The predicted octanol–water partition coefficient (Wildman–Crippen LogP) is 2.75. The SMILES string of the molecule is O=[N+]([O-])c1cccc(/C=N/N2CCN(c3ccccc3)CC2)c1. The van der Waals surface area contributed by atoms with E-state index in [1.54, 1.807) is 12.3 Å². The van der Waals surface area contributed by atoms with Crippen LogP contribution in [-0.2, 0) is 0 Å². The molecule has 2 aromatic rings. The fourth-order valence-corrected chi connectivity index (χ4v) is 2.58. The van der Waals surface area contributed by atoms with E-state index in [0.29, 0.717) is 0 Å². The number of hydrogen-bond acceptors (Lipinski definition) is 5. The molecule has 0 amide bonds. The number of piperazine rings is 1. The monoisotopic (exact) mass is 310 g/mol. The zero-order valence-corrected chi connectivity index (χ0v) is 12.7. The van der Waals surface area contributed by atoms with Crippen molar-refractivity contribution in [1.29, 1.82) is 0 Å². The molecule has 1 fully saturated rings. The van der Waals surface area contributed by atoms with Crippen LogP contribution in [0.15, 0.2) is 59.7 Å². The molecule has 3 rings (SSSR count). The summed E-state index contributed by atoms with van der Waals surface area (Å²) < 4.78 is 0. The Kier molecular flexibility index (Phi) is 4.52. The molecule has 0 aromatic heterocycles. The summed E-state index contributed by atoms with van der Waals surface area (Å²) in [4.78, 5) is 12.7. The van der Waals surface area contributed by atoms with Crippen molar-refractivity contribution in [2.45, 2.75) is 0 Å². The van der Waals surface area contributed by atoms with E-state index in [-0.39, 0.29) is 5.69 Å². The van der Waals surface area contributed by atoms with E-state index in [1.165, 1.54) is 17.8 Å². The molecule has 0 bridgehead atoms. The smallest absolute Gasteiger partial charge is 0.270 e. The number of rotatable bonds is 4. The van der Waals surface area contributed by atoms with Crippen LogP contribution in [0.3, 0.4) is 0 Å². The number of benzene rings is 2. The largest absolute Gasteiger partial charge is 0.368 e. The average molecular weight is 310 g/mol. The van der Waals surface area contributed by atoms with Crippen LogP contribution < -0.4 is 4.90 Å². The summed E-state index contributed by atoms with van der Waals surface area (Å²) in [5.41, 5.74) is 2.06. The molecular weight excluding hydrogens is 292 g/mol. The number of para-hydroxylation sites is 1. The Morgan fingerprint density at radius 2 is 1.74 bits per heavy atom. The normalized spacial score (nSPS) is 15.1. The molecule has 6 heteroatoms. The van der Waals surface area contributed by atoms with Crippen molar-refractivity contribution in [3.8, 4) is 0 Å². The molecule has 0 atom stereocenters. The van der Waals surface area contributed by atoms with Crippen LogP contribution in [0.4, 0.5) is 11.4 Å². The minimum atomic E-state index is -0.393. The molecule has 118 valence electrons. The Hall–Kier alpha value is -2.89. The maximum atomic E-state index is 10.8. The summed E-state index contributed by atoms with van der Waals surface area (Å²) >= 11 is 0. The van der Waals surface area contributed by atoms with Crippen LogP contribution in [0, 0.1) is 10.1 Å². The van der Waals surface area contributed by atoms with Gasteiger partial charge in [0.2, 0.25) is 0 Å². The van der Waals surface area contributed by atoms with Crippen molar-refractivity contribution >= 4 is 17.6 Å². The lowest BCUT2D eigenvalue weighted by Gasteiger charge is -2.34. The van der Waals surface area contributed by atoms with Gasteiger partial charge in [-0.1, -0.05) is 30.3 Å². The second-order valence-electron chi connectivity index (χ2n) is 5.37. The minimum Gasteiger partial charge on any atom is -0.368 e. The van der Waals surface area contributed by atoms with Crippen LogP contribution in [-0.4, -0.2) is 42.3 Å². The number of hydrogen-bond donors (Lipinski definition) is 0. The van der Waals surface area contributed by atoms with Crippen molar-refractivity contribution in [2.75, 3.05) is 31.1 Å². The molecule has 0 unspecified atom stereocenters. The fraction of sp³-hybridized carbons (Fsp3) is 0.235. The van der Waals surface area contributed by atoms with Gasteiger partial charge >= 0.3 is 0 Å². The van der Waals surface area contributed by atoms with Crippen LogP contribution in [0.25, 0.3) is 0 Å². The fourth-order valence-electron chi connectivity index (χ4n) is 2.58. The second kappa shape index (κ2) is 6.91. The van der Waals surface area contributed by atoms with E-state index >= 15 is 0 Å². The van der Waals surface area contributed by atoms with Gasteiger partial charge in [-0.25, -0.2) is 0 Å². The molecule has 0 N–H and O–H groups in total. The van der Waals surface area contributed by atoms with Gasteiger partial charge in [0, 0.05) is 36.5 Å². The summed E-state index contributed by atoms with van der Waals surface area (Å²) in [5.74, 6) is 0. The van der Waals surface area contributed by atoms with Gasteiger partial charge in [-0.2, -0.15) is 5.10 Å². The Morgan fingerprint density at radius 1 is 1.00 bits per heavy atom. The highest BCUT2D eigenvalue weighted by molar-refractivity contribution is 5.80. The van der Waals surface area contributed by atoms with E-state index in [1.807, 2.05) is 29.3 Å². The molecule has 0 aliphatic carbocycles. The van der Waals surface area contributed by atoms with Gasteiger partial charge in [-0.05, 0) is 12.1 Å². The Balaban J connectivity index is 1.58. The Morgan fingerprint density at radius 3 is 2.43 bits per heavy atom. The number of nitrogens with zero attached hydrogens (tertiary/aromatic N) is 4. The van der Waals surface area contributed by atoms with E-state index in [2.05, 4.69) is 22.1 Å². The number of nitro groups is 1. The third kappa shape index (κ3) is 3.85. The molecule has 1 heterocycles. The first-order chi connectivity index (χ1) is 11.2. The molecule has 1 aliphatic heterocycles. The summed E-state index contributed by atoms with van der Waals surface area (Å²) in [5, 5.41) is 17.2. The maximum absolute atomic E-state index is 10.8. The topological polar surface area (TPSA) is 62.0 Å². The first kappa shape index (κ1) is 15.0. The zero-order chi connectivity index (χ0) is 16.1. The second-order valence-corrected chi connectivity index (χ2v) is 5.37. The Bertz CT molecular complexity index is 695. The van der Waals surface area contributed by atoms with Crippen LogP contribution in [0.5, 0.6) is 0 Å². The van der Waals surface area contributed by atoms with E-state index < -0.39 is 4.92 Å². The van der Waals surface area contributed by atoms with E-state index in [4.69, 9.17) is 0 Å². The quantitative estimate of drug-likeness (QED) is 0.495. The third-order valence-corrected chi connectivity index (χ3v) is 3.83. The molecule has 0 radical (unpaired) electrons. The highest BCUT2D eigenvalue weighted by atomic mass is 16.6. The van der Waals surface area contributed by atoms with Gasteiger partial charge in [0.25, 0.3) is 5.69 Å². The number of anilines is 1. The molecule has 0 saturated carbocycles. The number of nitro benzene ring substituents is 1. The van der Waals surface area contributed by atoms with Gasteiger partial charge in [-0.15, -0.1) is 0 Å². The first-order valence-electron chi connectivity index (χ1n) is 7.56. The summed E-state index contributed by atoms with van der Waals surface area (Å²) in [6.07, 6.45) is 1.69. The standard InChI is InChI=1S/C17H18N4O2/c22-21(23)17-8-4-5-15(13-17)14-18-20-11-9-19(10-12-20)16-6-2-1-3-7-16/h1-8,13-14H,9-12H2/b18-14+. The number of hydrazone groups is 1. The van der Waals surface area contributed by atoms with Gasteiger partial charge in [0.15, 0.2) is 0 Å². The average Bonchev–Trinajstić information content (AvgIpc) is 2.61. The van der Waals surface area contributed by atoms with Crippen molar-refractivity contribution in [1.82, 2.24) is 5.01 Å². The lowest BCUT2D eigenvalue weighted by molar-refractivity contribution is -0.384. The number of non-ortho nitro benzene ring substituents is 1. The van der Waals surface area contributed by atoms with Crippen molar-refractivity contribution in [3.63, 3.8) is 0 Å². The third-order valence-electron chi connectivity index (χ3n) is 3.83. The molecule has 6 nitrogen and oxygen atoms in total. The van der Waals surface area contributed by atoms with Crippen LogP contribution in [0.1, 0.15) is 5.56 Å². The Labute approximate surface area is 134 Å². The van der Waals surface area contributed by atoms with Crippen molar-refractivity contribution < 1.29 is 4.92 Å². The van der Waals surface area contributed by atoms with Crippen molar-refractivity contribution in [2.24, 2.45) is 5.10 Å². The summed E-state index contributed by atoms with van der Waals surface area (Å²) in [7, 11) is 0. The molecule has 23 heavy (non-hydrogen) atoms. The lowest BCUT2D eigenvalue weighted by atomic mass is 10.2. The summed E-state index contributed by atoms with van der Waals surface area (Å²) in [6, 6.07) is 16.8. The lowest BCUT2D eigenvalue weighted by Crippen LogP contribution is -2.44. The van der Waals surface area contributed by atoms with Gasteiger partial charge < -0.3 is 4.90 Å². The minimum absolute atomic E-state index is 0.0860. The predicted molar refractivity (Wildman–Crippen MR) is 90.9 cm³/mol. The van der Waals surface area contributed by atoms with E-state index in [9.17, 15) is 10.1 Å². The molecule has 0 spiro atoms. The highest BCUT2D eigenvalue weighted by Gasteiger charge is 2.15. The molecule has 1 saturated heterocycles. The molecular formula is C17H18N4O2. The molecule has 1 aliphatic rings. The molecule has 2 aromatic carbocycles.